The second kappa shape index (κ2) is 3.97. The van der Waals surface area contributed by atoms with Gasteiger partial charge in [0, 0.05) is 25.2 Å². The van der Waals surface area contributed by atoms with Crippen molar-refractivity contribution in [1.29, 1.82) is 0 Å². The zero-order valence-corrected chi connectivity index (χ0v) is 9.21. The van der Waals surface area contributed by atoms with Crippen molar-refractivity contribution in [3.63, 3.8) is 0 Å². The molecule has 3 nitrogen and oxygen atoms in total. The predicted molar refractivity (Wildman–Crippen MR) is 59.8 cm³/mol. The molecule has 2 heterocycles. The molecule has 0 atom stereocenters. The highest BCUT2D eigenvalue weighted by Crippen LogP contribution is 2.32. The van der Waals surface area contributed by atoms with Gasteiger partial charge in [-0.1, -0.05) is 19.3 Å². The van der Waals surface area contributed by atoms with E-state index in [1.54, 1.807) is 0 Å². The SMILES string of the molecule is c1c(C2CCCCC2)nc2n1CCNC2. The average Bonchev–Trinajstić information content (AvgIpc) is 2.74. The molecule has 0 bridgehead atoms. The minimum absolute atomic E-state index is 0.747. The molecule has 1 aliphatic heterocycles. The fourth-order valence-electron chi connectivity index (χ4n) is 2.81. The molecule has 0 spiro atoms. The lowest BCUT2D eigenvalue weighted by Gasteiger charge is -2.19. The monoisotopic (exact) mass is 205 g/mol. The highest BCUT2D eigenvalue weighted by molar-refractivity contribution is 5.11. The third-order valence-corrected chi connectivity index (χ3v) is 3.71. The fourth-order valence-corrected chi connectivity index (χ4v) is 2.81. The number of nitrogens with one attached hydrogen (secondary N) is 1. The van der Waals surface area contributed by atoms with Gasteiger partial charge in [0.15, 0.2) is 0 Å². The largest absolute Gasteiger partial charge is 0.332 e. The predicted octanol–water partition coefficient (Wildman–Crippen LogP) is 2.03. The number of imidazole rings is 1. The van der Waals surface area contributed by atoms with Gasteiger partial charge in [-0.2, -0.15) is 0 Å². The normalized spacial score (nSPS) is 22.7. The van der Waals surface area contributed by atoms with E-state index < -0.39 is 0 Å². The Morgan fingerprint density at radius 3 is 2.93 bits per heavy atom. The van der Waals surface area contributed by atoms with Crippen molar-refractivity contribution in [3.05, 3.63) is 17.7 Å². The number of hydrogen-bond acceptors (Lipinski definition) is 2. The van der Waals surface area contributed by atoms with Crippen LogP contribution in [-0.4, -0.2) is 16.1 Å². The van der Waals surface area contributed by atoms with Crippen LogP contribution in [0.4, 0.5) is 0 Å². The molecule has 1 aromatic heterocycles. The average molecular weight is 205 g/mol. The zero-order valence-electron chi connectivity index (χ0n) is 9.21. The third kappa shape index (κ3) is 1.81. The molecule has 15 heavy (non-hydrogen) atoms. The molecular formula is C12H19N3. The van der Waals surface area contributed by atoms with E-state index in [1.165, 1.54) is 43.6 Å². The second-order valence-electron chi connectivity index (χ2n) is 4.79. The first-order valence-electron chi connectivity index (χ1n) is 6.20. The van der Waals surface area contributed by atoms with E-state index >= 15 is 0 Å². The molecule has 0 saturated heterocycles. The zero-order chi connectivity index (χ0) is 10.1. The molecule has 82 valence electrons. The molecule has 0 amide bonds. The van der Waals surface area contributed by atoms with Gasteiger partial charge < -0.3 is 9.88 Å². The quantitative estimate of drug-likeness (QED) is 0.760. The van der Waals surface area contributed by atoms with Crippen LogP contribution in [0, 0.1) is 0 Å². The van der Waals surface area contributed by atoms with Crippen LogP contribution in [0.1, 0.15) is 49.5 Å². The maximum atomic E-state index is 4.77. The molecule has 3 rings (SSSR count). The van der Waals surface area contributed by atoms with E-state index in [9.17, 15) is 0 Å². The Hall–Kier alpha value is -0.830. The van der Waals surface area contributed by atoms with Gasteiger partial charge in [-0.3, -0.25) is 0 Å². The van der Waals surface area contributed by atoms with Crippen LogP contribution in [-0.2, 0) is 13.1 Å². The van der Waals surface area contributed by atoms with E-state index in [-0.39, 0.29) is 0 Å². The molecule has 1 aliphatic carbocycles. The summed E-state index contributed by atoms with van der Waals surface area (Å²) in [6, 6.07) is 0. The Morgan fingerprint density at radius 1 is 1.27 bits per heavy atom. The van der Waals surface area contributed by atoms with Crippen molar-refractivity contribution in [2.45, 2.75) is 51.1 Å². The van der Waals surface area contributed by atoms with Crippen LogP contribution in [0.5, 0.6) is 0 Å². The van der Waals surface area contributed by atoms with Crippen molar-refractivity contribution < 1.29 is 0 Å². The molecule has 1 saturated carbocycles. The van der Waals surface area contributed by atoms with E-state index in [4.69, 9.17) is 4.98 Å². The molecule has 3 heteroatoms. The molecular weight excluding hydrogens is 186 g/mol. The van der Waals surface area contributed by atoms with E-state index in [2.05, 4.69) is 16.1 Å². The minimum atomic E-state index is 0.747. The highest BCUT2D eigenvalue weighted by atomic mass is 15.1. The van der Waals surface area contributed by atoms with Crippen LogP contribution in [0.25, 0.3) is 0 Å². The summed E-state index contributed by atoms with van der Waals surface area (Å²) < 4.78 is 2.33. The molecule has 1 N–H and O–H groups in total. The van der Waals surface area contributed by atoms with Gasteiger partial charge in [0.25, 0.3) is 0 Å². The van der Waals surface area contributed by atoms with Gasteiger partial charge in [0.2, 0.25) is 0 Å². The Kier molecular flexibility index (Phi) is 2.49. The van der Waals surface area contributed by atoms with E-state index in [0.29, 0.717) is 0 Å². The Bertz CT molecular complexity index is 313. The maximum absolute atomic E-state index is 4.77. The fraction of sp³-hybridized carbons (Fsp3) is 0.750. The van der Waals surface area contributed by atoms with Gasteiger partial charge in [0.05, 0.1) is 12.2 Å². The summed E-state index contributed by atoms with van der Waals surface area (Å²) in [5.41, 5.74) is 1.36. The molecule has 0 aromatic carbocycles. The Morgan fingerprint density at radius 2 is 2.13 bits per heavy atom. The van der Waals surface area contributed by atoms with Gasteiger partial charge >= 0.3 is 0 Å². The Labute approximate surface area is 90.9 Å². The van der Waals surface area contributed by atoms with Crippen molar-refractivity contribution in [2.24, 2.45) is 0 Å². The summed E-state index contributed by atoms with van der Waals surface area (Å²) in [7, 11) is 0. The maximum Gasteiger partial charge on any atom is 0.123 e. The number of hydrogen-bond donors (Lipinski definition) is 1. The number of rotatable bonds is 1. The first-order chi connectivity index (χ1) is 7.43. The number of aromatic nitrogens is 2. The molecule has 1 fully saturated rings. The topological polar surface area (TPSA) is 29.9 Å². The standard InChI is InChI=1S/C12H19N3/c1-2-4-10(5-3-1)11-9-15-7-6-13-8-12(15)14-11/h9-10,13H,1-8H2. The minimum Gasteiger partial charge on any atom is -0.332 e. The van der Waals surface area contributed by atoms with Crippen molar-refractivity contribution in [2.75, 3.05) is 6.54 Å². The van der Waals surface area contributed by atoms with Crippen molar-refractivity contribution in [3.8, 4) is 0 Å². The van der Waals surface area contributed by atoms with Crippen LogP contribution in [0.2, 0.25) is 0 Å². The summed E-state index contributed by atoms with van der Waals surface area (Å²) in [5, 5.41) is 3.37. The van der Waals surface area contributed by atoms with E-state index in [1.807, 2.05) is 0 Å². The Balaban J connectivity index is 1.82. The van der Waals surface area contributed by atoms with E-state index in [0.717, 1.165) is 25.6 Å². The molecule has 2 aliphatic rings. The third-order valence-electron chi connectivity index (χ3n) is 3.71. The van der Waals surface area contributed by atoms with Gasteiger partial charge in [-0.25, -0.2) is 4.98 Å². The summed E-state index contributed by atoms with van der Waals surface area (Å²) in [6.45, 7) is 3.13. The first kappa shape index (κ1) is 9.40. The van der Waals surface area contributed by atoms with Gasteiger partial charge in [-0.15, -0.1) is 0 Å². The van der Waals surface area contributed by atoms with Crippen LogP contribution >= 0.6 is 0 Å². The number of nitrogens with zero attached hydrogens (tertiary/aromatic N) is 2. The van der Waals surface area contributed by atoms with Crippen molar-refractivity contribution >= 4 is 0 Å². The molecule has 1 aromatic rings. The number of fused-ring (bicyclic) bond motifs is 1. The van der Waals surface area contributed by atoms with Crippen LogP contribution < -0.4 is 5.32 Å². The summed E-state index contributed by atoms with van der Waals surface area (Å²) >= 11 is 0. The summed E-state index contributed by atoms with van der Waals surface area (Å²) in [5.74, 6) is 1.98. The van der Waals surface area contributed by atoms with Gasteiger partial charge in [-0.05, 0) is 12.8 Å². The highest BCUT2D eigenvalue weighted by Gasteiger charge is 2.20. The lowest BCUT2D eigenvalue weighted by atomic mass is 9.87. The second-order valence-corrected chi connectivity index (χ2v) is 4.79. The summed E-state index contributed by atoms with van der Waals surface area (Å²) in [4.78, 5) is 4.77. The van der Waals surface area contributed by atoms with Crippen LogP contribution in [0.15, 0.2) is 6.20 Å². The smallest absolute Gasteiger partial charge is 0.123 e. The summed E-state index contributed by atoms with van der Waals surface area (Å²) in [6.07, 6.45) is 9.21. The lowest BCUT2D eigenvalue weighted by Crippen LogP contribution is -2.27. The lowest BCUT2D eigenvalue weighted by molar-refractivity contribution is 0.437. The molecule has 0 unspecified atom stereocenters. The van der Waals surface area contributed by atoms with Crippen molar-refractivity contribution in [1.82, 2.24) is 14.9 Å². The van der Waals surface area contributed by atoms with Crippen LogP contribution in [0.3, 0.4) is 0 Å². The molecule has 0 radical (unpaired) electrons. The first-order valence-corrected chi connectivity index (χ1v) is 6.20. The van der Waals surface area contributed by atoms with Gasteiger partial charge in [0.1, 0.15) is 5.82 Å².